The first kappa shape index (κ1) is 18.1. The molecule has 30 heavy (non-hydrogen) atoms. The van der Waals surface area contributed by atoms with Crippen LogP contribution in [0.25, 0.3) is 44.4 Å². The lowest BCUT2D eigenvalue weighted by molar-refractivity contribution is 0.415. The number of rotatable bonds is 4. The van der Waals surface area contributed by atoms with E-state index in [9.17, 15) is 0 Å². The average molecular weight is 387 g/mol. The number of aromatic nitrogens is 1. The van der Waals surface area contributed by atoms with Crippen molar-refractivity contribution in [1.82, 2.24) is 4.98 Å². The second kappa shape index (κ2) is 7.84. The van der Waals surface area contributed by atoms with Crippen LogP contribution < -0.4 is 4.74 Å². The summed E-state index contributed by atoms with van der Waals surface area (Å²) in [6.07, 6.45) is 0. The van der Waals surface area contributed by atoms with Crippen LogP contribution in [0.3, 0.4) is 0 Å². The molecule has 144 valence electrons. The van der Waals surface area contributed by atoms with E-state index >= 15 is 0 Å². The van der Waals surface area contributed by atoms with Crippen molar-refractivity contribution in [1.29, 1.82) is 0 Å². The lowest BCUT2D eigenvalue weighted by Gasteiger charge is -2.18. The van der Waals surface area contributed by atoms with Crippen LogP contribution in [0, 0.1) is 0 Å². The highest BCUT2D eigenvalue weighted by atomic mass is 16.5. The van der Waals surface area contributed by atoms with E-state index in [1.807, 2.05) is 24.3 Å². The number of fused-ring (bicyclic) bond motifs is 1. The Hall–Kier alpha value is -3.91. The summed E-state index contributed by atoms with van der Waals surface area (Å²) in [7, 11) is 1.69. The van der Waals surface area contributed by atoms with Crippen LogP contribution in [0.15, 0.2) is 109 Å². The Kier molecular flexibility index (Phi) is 4.74. The number of hydrogen-bond donors (Lipinski definition) is 0. The third kappa shape index (κ3) is 3.23. The lowest BCUT2D eigenvalue weighted by Crippen LogP contribution is -1.96. The van der Waals surface area contributed by atoms with Gasteiger partial charge in [0.1, 0.15) is 5.75 Å². The smallest absolute Gasteiger partial charge is 0.118 e. The number of methoxy groups -OCH3 is 1. The molecule has 0 radical (unpaired) electrons. The van der Waals surface area contributed by atoms with Gasteiger partial charge in [0.2, 0.25) is 0 Å². The summed E-state index contributed by atoms with van der Waals surface area (Å²) in [5.74, 6) is 0.837. The highest BCUT2D eigenvalue weighted by Gasteiger charge is 2.19. The molecule has 0 unspecified atom stereocenters. The molecule has 0 atom stereocenters. The first-order chi connectivity index (χ1) is 14.8. The summed E-state index contributed by atoms with van der Waals surface area (Å²) in [5.41, 5.74) is 7.72. The predicted molar refractivity (Wildman–Crippen MR) is 125 cm³/mol. The van der Waals surface area contributed by atoms with Gasteiger partial charge in [0, 0.05) is 22.1 Å². The van der Waals surface area contributed by atoms with Gasteiger partial charge < -0.3 is 4.74 Å². The molecule has 0 saturated carbocycles. The normalized spacial score (nSPS) is 10.8. The summed E-state index contributed by atoms with van der Waals surface area (Å²) < 4.78 is 5.36. The lowest BCUT2D eigenvalue weighted by atomic mass is 9.88. The first-order valence-corrected chi connectivity index (χ1v) is 10.0. The fourth-order valence-corrected chi connectivity index (χ4v) is 3.96. The molecule has 1 aromatic heterocycles. The van der Waals surface area contributed by atoms with E-state index in [1.165, 1.54) is 11.1 Å². The van der Waals surface area contributed by atoms with Crippen LogP contribution in [0.5, 0.6) is 5.75 Å². The monoisotopic (exact) mass is 387 g/mol. The Morgan fingerprint density at radius 2 is 1.10 bits per heavy atom. The molecule has 0 fully saturated rings. The molecule has 0 bridgehead atoms. The average Bonchev–Trinajstić information content (AvgIpc) is 2.84. The summed E-state index contributed by atoms with van der Waals surface area (Å²) in [6.45, 7) is 0. The minimum atomic E-state index is 0.837. The van der Waals surface area contributed by atoms with Crippen molar-refractivity contribution >= 4 is 10.9 Å². The van der Waals surface area contributed by atoms with E-state index in [0.717, 1.165) is 39.0 Å². The van der Waals surface area contributed by atoms with Crippen molar-refractivity contribution in [3.63, 3.8) is 0 Å². The number of benzene rings is 4. The van der Waals surface area contributed by atoms with Crippen molar-refractivity contribution in [3.8, 4) is 39.3 Å². The van der Waals surface area contributed by atoms with Crippen LogP contribution in [-0.2, 0) is 0 Å². The SMILES string of the molecule is COc1ccc(-c2nc3ccccc3c(-c3ccccc3)c2-c2ccccc2)cc1. The highest BCUT2D eigenvalue weighted by Crippen LogP contribution is 2.43. The molecule has 0 N–H and O–H groups in total. The number of para-hydroxylation sites is 1. The van der Waals surface area contributed by atoms with Crippen LogP contribution in [0.1, 0.15) is 0 Å². The van der Waals surface area contributed by atoms with Gasteiger partial charge in [-0.05, 0) is 41.5 Å². The number of ether oxygens (including phenoxy) is 1. The topological polar surface area (TPSA) is 22.1 Å². The van der Waals surface area contributed by atoms with Gasteiger partial charge >= 0.3 is 0 Å². The van der Waals surface area contributed by atoms with Gasteiger partial charge in [0.05, 0.1) is 18.3 Å². The number of nitrogens with zero attached hydrogens (tertiary/aromatic N) is 1. The second-order valence-electron chi connectivity index (χ2n) is 7.19. The summed E-state index contributed by atoms with van der Waals surface area (Å²) in [5, 5.41) is 1.15. The zero-order chi connectivity index (χ0) is 20.3. The summed E-state index contributed by atoms with van der Waals surface area (Å²) in [6, 6.07) is 37.6. The molecule has 0 saturated heterocycles. The van der Waals surface area contributed by atoms with E-state index in [1.54, 1.807) is 7.11 Å². The van der Waals surface area contributed by atoms with Gasteiger partial charge in [-0.1, -0.05) is 78.9 Å². The van der Waals surface area contributed by atoms with Crippen LogP contribution >= 0.6 is 0 Å². The molecular weight excluding hydrogens is 366 g/mol. The first-order valence-electron chi connectivity index (χ1n) is 10.0. The predicted octanol–water partition coefficient (Wildman–Crippen LogP) is 7.24. The Labute approximate surface area is 176 Å². The Morgan fingerprint density at radius 1 is 0.533 bits per heavy atom. The molecule has 1 heterocycles. The van der Waals surface area contributed by atoms with E-state index in [0.29, 0.717) is 0 Å². The quantitative estimate of drug-likeness (QED) is 0.324. The van der Waals surface area contributed by atoms with E-state index < -0.39 is 0 Å². The minimum Gasteiger partial charge on any atom is -0.497 e. The summed E-state index contributed by atoms with van der Waals surface area (Å²) in [4.78, 5) is 5.12. The number of hydrogen-bond acceptors (Lipinski definition) is 2. The fourth-order valence-electron chi connectivity index (χ4n) is 3.96. The van der Waals surface area contributed by atoms with E-state index in [4.69, 9.17) is 9.72 Å². The zero-order valence-corrected chi connectivity index (χ0v) is 16.7. The maximum absolute atomic E-state index is 5.36. The Bertz CT molecular complexity index is 1290. The van der Waals surface area contributed by atoms with Crippen molar-refractivity contribution in [3.05, 3.63) is 109 Å². The van der Waals surface area contributed by atoms with Gasteiger partial charge in [0.25, 0.3) is 0 Å². The molecule has 5 rings (SSSR count). The number of pyridine rings is 1. The molecule has 5 aromatic rings. The summed E-state index contributed by atoms with van der Waals surface area (Å²) >= 11 is 0. The molecule has 0 aliphatic rings. The maximum Gasteiger partial charge on any atom is 0.118 e. The van der Waals surface area contributed by atoms with Crippen molar-refractivity contribution in [2.45, 2.75) is 0 Å². The zero-order valence-electron chi connectivity index (χ0n) is 16.7. The van der Waals surface area contributed by atoms with Gasteiger partial charge in [-0.25, -0.2) is 4.98 Å². The van der Waals surface area contributed by atoms with Gasteiger partial charge in [-0.15, -0.1) is 0 Å². The molecule has 2 nitrogen and oxygen atoms in total. The van der Waals surface area contributed by atoms with Crippen molar-refractivity contribution in [2.75, 3.05) is 7.11 Å². The molecule has 0 amide bonds. The fraction of sp³-hybridized carbons (Fsp3) is 0.0357. The molecule has 0 spiro atoms. The van der Waals surface area contributed by atoms with Gasteiger partial charge in [0.15, 0.2) is 0 Å². The van der Waals surface area contributed by atoms with Crippen LogP contribution in [0.4, 0.5) is 0 Å². The third-order valence-corrected chi connectivity index (χ3v) is 5.38. The van der Waals surface area contributed by atoms with E-state index in [2.05, 4.69) is 84.9 Å². The molecule has 0 aliphatic carbocycles. The highest BCUT2D eigenvalue weighted by molar-refractivity contribution is 6.06. The molecule has 2 heteroatoms. The largest absolute Gasteiger partial charge is 0.497 e. The van der Waals surface area contributed by atoms with Gasteiger partial charge in [-0.2, -0.15) is 0 Å². The van der Waals surface area contributed by atoms with Crippen molar-refractivity contribution in [2.24, 2.45) is 0 Å². The standard InChI is InChI=1S/C28H21NO/c1-30-23-18-16-22(17-19-23)28-27(21-12-6-3-7-13-21)26(20-10-4-2-5-11-20)24-14-8-9-15-25(24)29-28/h2-19H,1H3. The Morgan fingerprint density at radius 3 is 1.73 bits per heavy atom. The van der Waals surface area contributed by atoms with Crippen LogP contribution in [0.2, 0.25) is 0 Å². The van der Waals surface area contributed by atoms with E-state index in [-0.39, 0.29) is 0 Å². The maximum atomic E-state index is 5.36. The van der Waals surface area contributed by atoms with Crippen LogP contribution in [-0.4, -0.2) is 12.1 Å². The second-order valence-corrected chi connectivity index (χ2v) is 7.19. The Balaban J connectivity index is 1.92. The molecule has 0 aliphatic heterocycles. The van der Waals surface area contributed by atoms with Crippen molar-refractivity contribution < 1.29 is 4.74 Å². The molecular formula is C28H21NO. The minimum absolute atomic E-state index is 0.837. The third-order valence-electron chi connectivity index (χ3n) is 5.38. The van der Waals surface area contributed by atoms with Gasteiger partial charge in [-0.3, -0.25) is 0 Å². The molecule has 4 aromatic carbocycles.